The molecular formula is C11H16ClNO2. The number of benzene rings is 1. The van der Waals surface area contributed by atoms with Gasteiger partial charge in [0, 0.05) is 6.54 Å². The zero-order valence-corrected chi connectivity index (χ0v) is 9.51. The fraction of sp³-hybridized carbons (Fsp3) is 0.455. The molecule has 0 radical (unpaired) electrons. The summed E-state index contributed by atoms with van der Waals surface area (Å²) in [6.45, 7) is 4.30. The molecule has 3 nitrogen and oxygen atoms in total. The van der Waals surface area contributed by atoms with Crippen LogP contribution in [0.2, 0.25) is 0 Å². The average molecular weight is 230 g/mol. The lowest BCUT2D eigenvalue weighted by Crippen LogP contribution is -2.34. The van der Waals surface area contributed by atoms with Crippen LogP contribution in [0.1, 0.15) is 17.2 Å². The van der Waals surface area contributed by atoms with Crippen molar-refractivity contribution in [1.29, 1.82) is 0 Å². The first-order valence-corrected chi connectivity index (χ1v) is 4.88. The molecule has 1 fully saturated rings. The molecule has 1 heterocycles. The van der Waals surface area contributed by atoms with Gasteiger partial charge in [0.2, 0.25) is 0 Å². The van der Waals surface area contributed by atoms with Gasteiger partial charge in [-0.05, 0) is 24.1 Å². The van der Waals surface area contributed by atoms with E-state index in [-0.39, 0.29) is 18.4 Å². The number of phenols is 1. The van der Waals surface area contributed by atoms with E-state index in [9.17, 15) is 5.11 Å². The Bertz CT molecular complexity index is 324. The molecule has 1 saturated heterocycles. The highest BCUT2D eigenvalue weighted by atomic mass is 35.5. The van der Waals surface area contributed by atoms with E-state index in [1.807, 2.05) is 19.1 Å². The summed E-state index contributed by atoms with van der Waals surface area (Å²) in [4.78, 5) is 0. The van der Waals surface area contributed by atoms with Gasteiger partial charge < -0.3 is 15.2 Å². The second-order valence-corrected chi connectivity index (χ2v) is 3.63. The van der Waals surface area contributed by atoms with Gasteiger partial charge in [-0.1, -0.05) is 12.1 Å². The van der Waals surface area contributed by atoms with Crippen molar-refractivity contribution in [2.75, 3.05) is 19.8 Å². The highest BCUT2D eigenvalue weighted by molar-refractivity contribution is 5.85. The summed E-state index contributed by atoms with van der Waals surface area (Å²) < 4.78 is 5.38. The standard InChI is InChI=1S/C11H15NO2.ClH/c1-8-6-9(2-3-11(8)13)10-7-14-5-4-12-10;/h2-3,6,10,12-13H,4-5,7H2,1H3;1H/t10-;/m1./s1. The lowest BCUT2D eigenvalue weighted by Gasteiger charge is -2.24. The Morgan fingerprint density at radius 2 is 2.27 bits per heavy atom. The summed E-state index contributed by atoms with van der Waals surface area (Å²) in [6.07, 6.45) is 0. The fourth-order valence-corrected chi connectivity index (χ4v) is 1.67. The van der Waals surface area contributed by atoms with Crippen LogP contribution in [0.25, 0.3) is 0 Å². The SMILES string of the molecule is Cc1cc([C@H]2COCCN2)ccc1O.Cl. The second kappa shape index (κ2) is 5.35. The largest absolute Gasteiger partial charge is 0.508 e. The molecule has 84 valence electrons. The third-order valence-corrected chi connectivity index (χ3v) is 2.54. The van der Waals surface area contributed by atoms with Gasteiger partial charge >= 0.3 is 0 Å². The zero-order chi connectivity index (χ0) is 9.97. The van der Waals surface area contributed by atoms with Crippen LogP contribution >= 0.6 is 12.4 Å². The lowest BCUT2D eigenvalue weighted by molar-refractivity contribution is 0.0768. The number of morpholine rings is 1. The molecule has 1 atom stereocenters. The monoisotopic (exact) mass is 229 g/mol. The number of halogens is 1. The van der Waals surface area contributed by atoms with Crippen LogP contribution in [0.15, 0.2) is 18.2 Å². The van der Waals surface area contributed by atoms with Gasteiger partial charge in [0.1, 0.15) is 5.75 Å². The molecule has 0 aromatic heterocycles. The predicted molar refractivity (Wildman–Crippen MR) is 61.7 cm³/mol. The number of hydrogen-bond donors (Lipinski definition) is 2. The Morgan fingerprint density at radius 3 is 2.87 bits per heavy atom. The van der Waals surface area contributed by atoms with Gasteiger partial charge in [-0.15, -0.1) is 12.4 Å². The lowest BCUT2D eigenvalue weighted by atomic mass is 10.0. The minimum Gasteiger partial charge on any atom is -0.508 e. The average Bonchev–Trinajstić information content (AvgIpc) is 2.23. The highest BCUT2D eigenvalue weighted by Crippen LogP contribution is 2.22. The van der Waals surface area contributed by atoms with Crippen LogP contribution in [-0.2, 0) is 4.74 Å². The van der Waals surface area contributed by atoms with Gasteiger partial charge in [-0.2, -0.15) is 0 Å². The predicted octanol–water partition coefficient (Wildman–Crippen LogP) is 1.78. The van der Waals surface area contributed by atoms with Crippen LogP contribution in [0.5, 0.6) is 5.75 Å². The Labute approximate surface area is 95.9 Å². The van der Waals surface area contributed by atoms with Crippen LogP contribution < -0.4 is 5.32 Å². The fourth-order valence-electron chi connectivity index (χ4n) is 1.67. The number of nitrogens with one attached hydrogen (secondary N) is 1. The van der Waals surface area contributed by atoms with Crippen LogP contribution in [0.3, 0.4) is 0 Å². The molecule has 2 rings (SSSR count). The minimum atomic E-state index is 0. The van der Waals surface area contributed by atoms with Gasteiger partial charge in [0.05, 0.1) is 19.3 Å². The van der Waals surface area contributed by atoms with Crippen molar-refractivity contribution in [3.63, 3.8) is 0 Å². The first-order valence-electron chi connectivity index (χ1n) is 4.88. The summed E-state index contributed by atoms with van der Waals surface area (Å²) in [6, 6.07) is 5.94. The van der Waals surface area contributed by atoms with Crippen molar-refractivity contribution in [1.82, 2.24) is 5.32 Å². The third-order valence-electron chi connectivity index (χ3n) is 2.54. The van der Waals surface area contributed by atoms with E-state index < -0.39 is 0 Å². The van der Waals surface area contributed by atoms with Crippen molar-refractivity contribution in [2.45, 2.75) is 13.0 Å². The number of rotatable bonds is 1. The molecule has 0 amide bonds. The number of phenolic OH excluding ortho intramolecular Hbond substituents is 1. The maximum Gasteiger partial charge on any atom is 0.118 e. The second-order valence-electron chi connectivity index (χ2n) is 3.63. The number of hydrogen-bond acceptors (Lipinski definition) is 3. The van der Waals surface area contributed by atoms with Gasteiger partial charge in [-0.25, -0.2) is 0 Å². The highest BCUT2D eigenvalue weighted by Gasteiger charge is 2.15. The molecular weight excluding hydrogens is 214 g/mol. The van der Waals surface area contributed by atoms with E-state index in [1.54, 1.807) is 6.07 Å². The molecule has 1 aromatic rings. The molecule has 0 aliphatic carbocycles. The zero-order valence-electron chi connectivity index (χ0n) is 8.69. The summed E-state index contributed by atoms with van der Waals surface area (Å²) >= 11 is 0. The van der Waals surface area contributed by atoms with Crippen LogP contribution in [0, 0.1) is 6.92 Å². The molecule has 1 aliphatic rings. The Kier molecular flexibility index (Phi) is 4.39. The van der Waals surface area contributed by atoms with E-state index >= 15 is 0 Å². The topological polar surface area (TPSA) is 41.5 Å². The number of aromatic hydroxyl groups is 1. The van der Waals surface area contributed by atoms with Gasteiger partial charge in [-0.3, -0.25) is 0 Å². The first kappa shape index (κ1) is 12.3. The van der Waals surface area contributed by atoms with Crippen molar-refractivity contribution in [3.05, 3.63) is 29.3 Å². The van der Waals surface area contributed by atoms with Crippen molar-refractivity contribution >= 4 is 12.4 Å². The molecule has 0 spiro atoms. The Morgan fingerprint density at radius 1 is 1.47 bits per heavy atom. The number of ether oxygens (including phenoxy) is 1. The van der Waals surface area contributed by atoms with Crippen LogP contribution in [0.4, 0.5) is 0 Å². The van der Waals surface area contributed by atoms with E-state index in [0.717, 1.165) is 18.7 Å². The van der Waals surface area contributed by atoms with Crippen molar-refractivity contribution < 1.29 is 9.84 Å². The summed E-state index contributed by atoms with van der Waals surface area (Å²) in [5, 5.41) is 12.8. The number of aryl methyl sites for hydroxylation is 1. The van der Waals surface area contributed by atoms with Crippen molar-refractivity contribution in [2.24, 2.45) is 0 Å². The summed E-state index contributed by atoms with van der Waals surface area (Å²) in [5.74, 6) is 0.352. The molecule has 1 aliphatic heterocycles. The smallest absolute Gasteiger partial charge is 0.118 e. The maximum atomic E-state index is 9.39. The molecule has 2 N–H and O–H groups in total. The van der Waals surface area contributed by atoms with E-state index in [1.165, 1.54) is 5.56 Å². The third kappa shape index (κ3) is 2.84. The normalized spacial score (nSPS) is 20.7. The molecule has 4 heteroatoms. The molecule has 15 heavy (non-hydrogen) atoms. The van der Waals surface area contributed by atoms with E-state index in [0.29, 0.717) is 12.4 Å². The summed E-state index contributed by atoms with van der Waals surface area (Å²) in [5.41, 5.74) is 2.09. The van der Waals surface area contributed by atoms with E-state index in [2.05, 4.69) is 5.32 Å². The van der Waals surface area contributed by atoms with Crippen molar-refractivity contribution in [3.8, 4) is 5.75 Å². The van der Waals surface area contributed by atoms with Crippen LogP contribution in [-0.4, -0.2) is 24.9 Å². The van der Waals surface area contributed by atoms with Gasteiger partial charge in [0.15, 0.2) is 0 Å². The maximum absolute atomic E-state index is 9.39. The quantitative estimate of drug-likeness (QED) is 0.772. The Balaban J connectivity index is 0.00000112. The molecule has 0 unspecified atom stereocenters. The minimum absolute atomic E-state index is 0. The first-order chi connectivity index (χ1) is 6.77. The molecule has 1 aromatic carbocycles. The molecule has 0 saturated carbocycles. The Hall–Kier alpha value is -0.770. The van der Waals surface area contributed by atoms with E-state index in [4.69, 9.17) is 4.74 Å². The molecule has 0 bridgehead atoms. The van der Waals surface area contributed by atoms with Gasteiger partial charge in [0.25, 0.3) is 0 Å². The summed E-state index contributed by atoms with van der Waals surface area (Å²) in [7, 11) is 0.